The number of hydrogen-bond acceptors (Lipinski definition) is 2. The van der Waals surface area contributed by atoms with E-state index in [-0.39, 0.29) is 6.71 Å². The molecule has 1 aliphatic heterocycles. The molecule has 0 bridgehead atoms. The highest BCUT2D eigenvalue weighted by atomic mass is 32.2. The van der Waals surface area contributed by atoms with Crippen LogP contribution < -0.4 is 16.4 Å². The zero-order valence-corrected chi connectivity index (χ0v) is 29.0. The van der Waals surface area contributed by atoms with Crippen molar-refractivity contribution in [2.75, 3.05) is 0 Å². The highest BCUT2D eigenvalue weighted by molar-refractivity contribution is 7.92. The third kappa shape index (κ3) is 4.83. The van der Waals surface area contributed by atoms with Crippen LogP contribution in [0.4, 0.5) is 0 Å². The molecule has 1 aliphatic rings. The maximum atomic E-state index is 14.1. The van der Waals surface area contributed by atoms with Crippen LogP contribution in [-0.4, -0.2) is 15.1 Å². The molecule has 9 aromatic carbocycles. The minimum Gasteiger partial charge on any atom is -0.219 e. The van der Waals surface area contributed by atoms with Gasteiger partial charge in [0.25, 0.3) is 0 Å². The Hall–Kier alpha value is -6.23. The van der Waals surface area contributed by atoms with E-state index in [9.17, 15) is 8.42 Å². The van der Waals surface area contributed by atoms with E-state index in [2.05, 4.69) is 133 Å². The molecular weight excluding hydrogens is 651 g/mol. The van der Waals surface area contributed by atoms with Gasteiger partial charge in [-0.1, -0.05) is 163 Å². The van der Waals surface area contributed by atoms with E-state index in [1.807, 2.05) is 48.5 Å². The molecule has 0 aliphatic carbocycles. The lowest BCUT2D eigenvalue weighted by Gasteiger charge is -2.27. The van der Waals surface area contributed by atoms with E-state index in [4.69, 9.17) is 0 Å². The summed E-state index contributed by atoms with van der Waals surface area (Å²) in [6.45, 7) is -0.161. The highest BCUT2D eigenvalue weighted by Crippen LogP contribution is 2.38. The Kier molecular flexibility index (Phi) is 7.02. The molecule has 0 N–H and O–H groups in total. The number of fused-ring (bicyclic) bond motifs is 8. The first kappa shape index (κ1) is 30.6. The van der Waals surface area contributed by atoms with Crippen molar-refractivity contribution in [3.63, 3.8) is 0 Å². The van der Waals surface area contributed by atoms with Crippen molar-refractivity contribution in [1.82, 2.24) is 0 Å². The van der Waals surface area contributed by atoms with Crippen molar-refractivity contribution in [3.8, 4) is 33.4 Å². The van der Waals surface area contributed by atoms with Gasteiger partial charge in [-0.25, -0.2) is 8.42 Å². The molecule has 0 saturated carbocycles. The molecule has 0 atom stereocenters. The van der Waals surface area contributed by atoms with Gasteiger partial charge in [-0.2, -0.15) is 0 Å². The van der Waals surface area contributed by atoms with Crippen LogP contribution >= 0.6 is 0 Å². The summed E-state index contributed by atoms with van der Waals surface area (Å²) in [6, 6.07) is 64.8. The van der Waals surface area contributed by atoms with Gasteiger partial charge in [-0.15, -0.1) is 0 Å². The average molecular weight is 683 g/mol. The van der Waals surface area contributed by atoms with Gasteiger partial charge in [0, 0.05) is 0 Å². The average Bonchev–Trinajstić information content (AvgIpc) is 3.21. The van der Waals surface area contributed by atoms with Gasteiger partial charge in [-0.05, 0) is 107 Å². The second-order valence-corrected chi connectivity index (χ2v) is 15.5. The predicted octanol–water partition coefficient (Wildman–Crippen LogP) is 9.81. The van der Waals surface area contributed by atoms with Crippen LogP contribution in [0.2, 0.25) is 0 Å². The molecule has 0 aromatic heterocycles. The zero-order valence-electron chi connectivity index (χ0n) is 28.2. The van der Waals surface area contributed by atoms with Crippen LogP contribution in [0.5, 0.6) is 0 Å². The van der Waals surface area contributed by atoms with Crippen molar-refractivity contribution in [1.29, 1.82) is 0 Å². The summed E-state index contributed by atoms with van der Waals surface area (Å²) in [7, 11) is -3.71. The minimum absolute atomic E-state index is 0.161. The summed E-state index contributed by atoms with van der Waals surface area (Å²) in [5.74, 6) is 0. The van der Waals surface area contributed by atoms with E-state index in [1.165, 1.54) is 37.9 Å². The fourth-order valence-corrected chi connectivity index (χ4v) is 10.1. The Morgan fingerprint density at radius 1 is 0.308 bits per heavy atom. The first-order valence-corrected chi connectivity index (χ1v) is 19.1. The van der Waals surface area contributed by atoms with Crippen LogP contribution in [0.3, 0.4) is 0 Å². The maximum absolute atomic E-state index is 14.1. The fraction of sp³-hybridized carbons (Fsp3) is 0. The molecule has 10 rings (SSSR count). The van der Waals surface area contributed by atoms with Crippen LogP contribution in [0.25, 0.3) is 65.7 Å². The molecule has 0 unspecified atom stereocenters. The molecule has 1 heterocycles. The number of hydrogen-bond donors (Lipinski definition) is 0. The van der Waals surface area contributed by atoms with Crippen LogP contribution in [0.15, 0.2) is 198 Å². The second-order valence-electron chi connectivity index (χ2n) is 13.7. The Bertz CT molecular complexity index is 2950. The quantitative estimate of drug-likeness (QED) is 0.137. The number of rotatable bonds is 4. The van der Waals surface area contributed by atoms with Gasteiger partial charge in [0.1, 0.15) is 0 Å². The van der Waals surface area contributed by atoms with E-state index >= 15 is 0 Å². The first-order valence-electron chi connectivity index (χ1n) is 17.6. The van der Waals surface area contributed by atoms with Gasteiger partial charge < -0.3 is 0 Å². The van der Waals surface area contributed by atoms with Crippen LogP contribution in [-0.2, 0) is 9.84 Å². The van der Waals surface area contributed by atoms with Crippen molar-refractivity contribution in [3.05, 3.63) is 188 Å². The summed E-state index contributed by atoms with van der Waals surface area (Å²) < 4.78 is 28.3. The molecule has 0 spiro atoms. The lowest BCUT2D eigenvalue weighted by molar-refractivity contribution is 0.597. The third-order valence-corrected chi connectivity index (χ3v) is 12.6. The standard InChI is InChI=1S/C48H31BO2S/c50-52(51)47-23-9-8-22-45(47)49(38-16-2-1-3-17-38)46-27-25-37(31-48(46)52)35-15-11-13-33(29-35)32-12-10-14-34(28-32)36-24-26-43-41-20-5-4-18-39(41)40-19-6-7-21-42(40)44(43)30-36/h1-31H. The zero-order chi connectivity index (χ0) is 34.8. The second kappa shape index (κ2) is 11.9. The Morgan fingerprint density at radius 3 is 1.37 bits per heavy atom. The molecule has 2 nitrogen and oxygen atoms in total. The largest absolute Gasteiger partial charge is 0.244 e. The topological polar surface area (TPSA) is 34.1 Å². The highest BCUT2D eigenvalue weighted by Gasteiger charge is 2.38. The Balaban J connectivity index is 1.05. The monoisotopic (exact) mass is 682 g/mol. The third-order valence-electron chi connectivity index (χ3n) is 10.7. The maximum Gasteiger partial charge on any atom is 0.244 e. The summed E-state index contributed by atoms with van der Waals surface area (Å²) in [5, 5.41) is 7.57. The van der Waals surface area contributed by atoms with E-state index < -0.39 is 9.84 Å². The molecule has 9 aromatic rings. The van der Waals surface area contributed by atoms with Crippen molar-refractivity contribution in [2.45, 2.75) is 9.79 Å². The van der Waals surface area contributed by atoms with Gasteiger partial charge >= 0.3 is 0 Å². The summed E-state index contributed by atoms with van der Waals surface area (Å²) in [6.07, 6.45) is 0. The molecule has 52 heavy (non-hydrogen) atoms. The molecule has 0 amide bonds. The lowest BCUT2D eigenvalue weighted by atomic mass is 9.36. The van der Waals surface area contributed by atoms with Crippen molar-refractivity contribution < 1.29 is 8.42 Å². The normalized spacial score (nSPS) is 13.3. The van der Waals surface area contributed by atoms with Gasteiger partial charge in [-0.3, -0.25) is 0 Å². The molecule has 244 valence electrons. The molecular formula is C48H31BO2S. The summed E-state index contributed by atoms with van der Waals surface area (Å²) >= 11 is 0. The smallest absolute Gasteiger partial charge is 0.219 e. The van der Waals surface area contributed by atoms with Crippen molar-refractivity contribution >= 4 is 65.3 Å². The Morgan fingerprint density at radius 2 is 0.750 bits per heavy atom. The van der Waals surface area contributed by atoms with E-state index in [0.29, 0.717) is 9.79 Å². The number of benzene rings is 9. The predicted molar refractivity (Wildman–Crippen MR) is 218 cm³/mol. The van der Waals surface area contributed by atoms with Gasteiger partial charge in [0.2, 0.25) is 16.6 Å². The lowest BCUT2D eigenvalue weighted by Crippen LogP contribution is -2.57. The molecule has 0 fully saturated rings. The van der Waals surface area contributed by atoms with Crippen molar-refractivity contribution in [2.24, 2.45) is 0 Å². The van der Waals surface area contributed by atoms with E-state index in [0.717, 1.165) is 44.2 Å². The van der Waals surface area contributed by atoms with E-state index in [1.54, 1.807) is 6.07 Å². The van der Waals surface area contributed by atoms with Crippen LogP contribution in [0.1, 0.15) is 0 Å². The minimum atomic E-state index is -3.71. The summed E-state index contributed by atoms with van der Waals surface area (Å²) in [5.41, 5.74) is 9.05. The van der Waals surface area contributed by atoms with Gasteiger partial charge in [0.15, 0.2) is 0 Å². The molecule has 0 saturated heterocycles. The molecule has 0 radical (unpaired) electrons. The number of sulfone groups is 1. The SMILES string of the molecule is O=S1(=O)c2ccccc2B(c2ccccc2)c2ccc(-c3cccc(-c4cccc(-c5ccc6c7ccccc7c7ccccc7c6c5)c4)c3)cc21. The first-order chi connectivity index (χ1) is 25.5. The summed E-state index contributed by atoms with van der Waals surface area (Å²) in [4.78, 5) is 0.760. The van der Waals surface area contributed by atoms with Gasteiger partial charge in [0.05, 0.1) is 9.79 Å². The van der Waals surface area contributed by atoms with Crippen LogP contribution in [0, 0.1) is 0 Å². The Labute approximate surface area is 303 Å². The molecule has 4 heteroatoms. The fourth-order valence-electron chi connectivity index (χ4n) is 8.28.